The van der Waals surface area contributed by atoms with E-state index in [0.717, 1.165) is 38.0 Å². The van der Waals surface area contributed by atoms with Crippen molar-refractivity contribution >= 4 is 5.91 Å². The Kier molecular flexibility index (Phi) is 3.84. The topological polar surface area (TPSA) is 59.5 Å². The van der Waals surface area contributed by atoms with Gasteiger partial charge in [0.1, 0.15) is 5.76 Å². The standard InChI is InChI=1S/C13H20N2O2/c1-10(6-7-11-4-3-9-17-11)15-8-2-5-12(14)13(15)16/h3-4,9-10,12H,2,5-8,14H2,1H3. The molecule has 1 fully saturated rings. The number of likely N-dealkylation sites (tertiary alicyclic amines) is 1. The first kappa shape index (κ1) is 12.2. The lowest BCUT2D eigenvalue weighted by Crippen LogP contribution is -2.51. The first-order valence-electron chi connectivity index (χ1n) is 6.27. The fourth-order valence-electron chi connectivity index (χ4n) is 2.33. The maximum absolute atomic E-state index is 11.9. The average Bonchev–Trinajstić information content (AvgIpc) is 2.82. The molecule has 1 aliphatic rings. The Balaban J connectivity index is 1.86. The van der Waals surface area contributed by atoms with Crippen molar-refractivity contribution < 1.29 is 9.21 Å². The van der Waals surface area contributed by atoms with Gasteiger partial charge in [0.2, 0.25) is 5.91 Å². The van der Waals surface area contributed by atoms with Crippen molar-refractivity contribution in [2.24, 2.45) is 5.73 Å². The number of furan rings is 1. The lowest BCUT2D eigenvalue weighted by molar-refractivity contribution is -0.137. The maximum Gasteiger partial charge on any atom is 0.239 e. The van der Waals surface area contributed by atoms with Gasteiger partial charge in [0.15, 0.2) is 0 Å². The van der Waals surface area contributed by atoms with Gasteiger partial charge in [-0.15, -0.1) is 0 Å². The van der Waals surface area contributed by atoms with Crippen LogP contribution < -0.4 is 5.73 Å². The molecule has 4 nitrogen and oxygen atoms in total. The molecule has 1 aliphatic heterocycles. The van der Waals surface area contributed by atoms with Gasteiger partial charge in [-0.2, -0.15) is 0 Å². The second-order valence-electron chi connectivity index (χ2n) is 4.75. The summed E-state index contributed by atoms with van der Waals surface area (Å²) in [6, 6.07) is 3.80. The minimum Gasteiger partial charge on any atom is -0.469 e. The average molecular weight is 236 g/mol. The van der Waals surface area contributed by atoms with Crippen molar-refractivity contribution in [1.82, 2.24) is 4.90 Å². The van der Waals surface area contributed by atoms with E-state index in [1.807, 2.05) is 17.0 Å². The van der Waals surface area contributed by atoms with Crippen LogP contribution in [-0.2, 0) is 11.2 Å². The molecule has 0 saturated carbocycles. The number of nitrogens with zero attached hydrogens (tertiary/aromatic N) is 1. The van der Waals surface area contributed by atoms with E-state index < -0.39 is 0 Å². The van der Waals surface area contributed by atoms with Gasteiger partial charge < -0.3 is 15.1 Å². The predicted molar refractivity (Wildman–Crippen MR) is 65.4 cm³/mol. The van der Waals surface area contributed by atoms with Gasteiger partial charge >= 0.3 is 0 Å². The van der Waals surface area contributed by atoms with Crippen molar-refractivity contribution in [3.8, 4) is 0 Å². The number of piperidine rings is 1. The number of aryl methyl sites for hydroxylation is 1. The number of hydrogen-bond acceptors (Lipinski definition) is 3. The van der Waals surface area contributed by atoms with E-state index in [4.69, 9.17) is 10.2 Å². The largest absolute Gasteiger partial charge is 0.469 e. The van der Waals surface area contributed by atoms with Crippen molar-refractivity contribution in [3.63, 3.8) is 0 Å². The van der Waals surface area contributed by atoms with E-state index in [2.05, 4.69) is 6.92 Å². The van der Waals surface area contributed by atoms with Crippen LogP contribution in [0.25, 0.3) is 0 Å². The molecule has 0 bridgehead atoms. The lowest BCUT2D eigenvalue weighted by atomic mass is 10.0. The summed E-state index contributed by atoms with van der Waals surface area (Å²) in [5.41, 5.74) is 5.79. The molecule has 1 aromatic rings. The summed E-state index contributed by atoms with van der Waals surface area (Å²) in [7, 11) is 0. The van der Waals surface area contributed by atoms with Gasteiger partial charge in [-0.1, -0.05) is 0 Å². The Morgan fingerprint density at radius 2 is 2.47 bits per heavy atom. The lowest BCUT2D eigenvalue weighted by Gasteiger charge is -2.35. The van der Waals surface area contributed by atoms with Crippen LogP contribution in [0, 0.1) is 0 Å². The van der Waals surface area contributed by atoms with Crippen molar-refractivity contribution in [2.45, 2.75) is 44.7 Å². The Bertz CT molecular complexity index is 362. The van der Waals surface area contributed by atoms with Crippen LogP contribution in [0.5, 0.6) is 0 Å². The minimum absolute atomic E-state index is 0.100. The summed E-state index contributed by atoms with van der Waals surface area (Å²) in [5.74, 6) is 1.08. The SMILES string of the molecule is CC(CCc1ccco1)N1CCCC(N)C1=O. The van der Waals surface area contributed by atoms with E-state index in [0.29, 0.717) is 0 Å². The molecule has 1 saturated heterocycles. The molecule has 94 valence electrons. The number of hydrogen-bond donors (Lipinski definition) is 1. The van der Waals surface area contributed by atoms with E-state index >= 15 is 0 Å². The Hall–Kier alpha value is -1.29. The molecule has 1 amide bonds. The van der Waals surface area contributed by atoms with Crippen molar-refractivity contribution in [3.05, 3.63) is 24.2 Å². The number of carbonyl (C=O) groups excluding carboxylic acids is 1. The van der Waals surface area contributed by atoms with Crippen LogP contribution >= 0.6 is 0 Å². The summed E-state index contributed by atoms with van der Waals surface area (Å²) in [4.78, 5) is 13.8. The normalized spacial score (nSPS) is 22.8. The number of nitrogens with two attached hydrogens (primary N) is 1. The highest BCUT2D eigenvalue weighted by molar-refractivity contribution is 5.82. The van der Waals surface area contributed by atoms with E-state index in [-0.39, 0.29) is 18.0 Å². The molecule has 0 spiro atoms. The fourth-order valence-corrected chi connectivity index (χ4v) is 2.33. The molecule has 2 heterocycles. The Labute approximate surface area is 102 Å². The molecular formula is C13H20N2O2. The third-order valence-corrected chi connectivity index (χ3v) is 3.44. The smallest absolute Gasteiger partial charge is 0.239 e. The van der Waals surface area contributed by atoms with Crippen LogP contribution in [0.1, 0.15) is 31.9 Å². The predicted octanol–water partition coefficient (Wildman–Crippen LogP) is 1.55. The molecule has 0 aliphatic carbocycles. The van der Waals surface area contributed by atoms with Crippen LogP contribution in [0.2, 0.25) is 0 Å². The van der Waals surface area contributed by atoms with Gasteiger partial charge in [-0.3, -0.25) is 4.79 Å². The fraction of sp³-hybridized carbons (Fsp3) is 0.615. The van der Waals surface area contributed by atoms with Gasteiger partial charge in [-0.25, -0.2) is 0 Å². The summed E-state index contributed by atoms with van der Waals surface area (Å²) in [5, 5.41) is 0. The van der Waals surface area contributed by atoms with Crippen LogP contribution in [0.15, 0.2) is 22.8 Å². The molecule has 4 heteroatoms. The van der Waals surface area contributed by atoms with Gasteiger partial charge in [-0.05, 0) is 38.3 Å². The number of amides is 1. The quantitative estimate of drug-likeness (QED) is 0.862. The molecule has 2 unspecified atom stereocenters. The van der Waals surface area contributed by atoms with E-state index in [1.165, 1.54) is 0 Å². The molecular weight excluding hydrogens is 216 g/mol. The van der Waals surface area contributed by atoms with Crippen LogP contribution in [0.3, 0.4) is 0 Å². The van der Waals surface area contributed by atoms with Crippen LogP contribution in [-0.4, -0.2) is 29.4 Å². The van der Waals surface area contributed by atoms with E-state index in [1.54, 1.807) is 6.26 Å². The van der Waals surface area contributed by atoms with E-state index in [9.17, 15) is 4.79 Å². The monoisotopic (exact) mass is 236 g/mol. The summed E-state index contributed by atoms with van der Waals surface area (Å²) < 4.78 is 5.29. The third-order valence-electron chi connectivity index (χ3n) is 3.44. The zero-order valence-corrected chi connectivity index (χ0v) is 10.3. The molecule has 1 aromatic heterocycles. The first-order valence-corrected chi connectivity index (χ1v) is 6.27. The Morgan fingerprint density at radius 1 is 1.65 bits per heavy atom. The highest BCUT2D eigenvalue weighted by atomic mass is 16.3. The second-order valence-corrected chi connectivity index (χ2v) is 4.75. The highest BCUT2D eigenvalue weighted by Gasteiger charge is 2.28. The summed E-state index contributed by atoms with van der Waals surface area (Å²) in [6.07, 6.45) is 5.30. The number of carbonyl (C=O) groups is 1. The molecule has 2 atom stereocenters. The van der Waals surface area contributed by atoms with Gasteiger partial charge in [0.05, 0.1) is 12.3 Å². The van der Waals surface area contributed by atoms with Crippen molar-refractivity contribution in [1.29, 1.82) is 0 Å². The number of rotatable bonds is 4. The molecule has 0 aromatic carbocycles. The highest BCUT2D eigenvalue weighted by Crippen LogP contribution is 2.16. The van der Waals surface area contributed by atoms with Gasteiger partial charge in [0, 0.05) is 19.0 Å². The van der Waals surface area contributed by atoms with Gasteiger partial charge in [0.25, 0.3) is 0 Å². The second kappa shape index (κ2) is 5.36. The molecule has 17 heavy (non-hydrogen) atoms. The molecule has 0 radical (unpaired) electrons. The zero-order valence-electron chi connectivity index (χ0n) is 10.3. The maximum atomic E-state index is 11.9. The Morgan fingerprint density at radius 3 is 3.18 bits per heavy atom. The summed E-state index contributed by atoms with van der Waals surface area (Å²) in [6.45, 7) is 2.92. The minimum atomic E-state index is -0.296. The third kappa shape index (κ3) is 2.88. The van der Waals surface area contributed by atoms with Crippen molar-refractivity contribution in [2.75, 3.05) is 6.54 Å². The summed E-state index contributed by atoms with van der Waals surface area (Å²) >= 11 is 0. The molecule has 2 rings (SSSR count). The first-order chi connectivity index (χ1) is 8.18. The zero-order chi connectivity index (χ0) is 12.3. The van der Waals surface area contributed by atoms with Crippen LogP contribution in [0.4, 0.5) is 0 Å². The molecule has 2 N–H and O–H groups in total.